The molecule has 0 amide bonds. The molecule has 0 bridgehead atoms. The van der Waals surface area contributed by atoms with Crippen LogP contribution >= 0.6 is 0 Å². The van der Waals surface area contributed by atoms with Crippen LogP contribution in [0.2, 0.25) is 0 Å². The van der Waals surface area contributed by atoms with E-state index in [4.69, 9.17) is 14.8 Å². The van der Waals surface area contributed by atoms with Crippen LogP contribution in [-0.2, 0) is 4.74 Å². The van der Waals surface area contributed by atoms with E-state index in [0.29, 0.717) is 0 Å². The number of ether oxygens (including phenoxy) is 1. The highest BCUT2D eigenvalue weighted by molar-refractivity contribution is 6.60. The Morgan fingerprint density at radius 1 is 1.44 bits per heavy atom. The van der Waals surface area contributed by atoms with E-state index in [2.05, 4.69) is 4.98 Å². The third-order valence-electron chi connectivity index (χ3n) is 1.75. The molecule has 1 aromatic rings. The smallest absolute Gasteiger partial charge is 0.456 e. The highest BCUT2D eigenvalue weighted by Gasteiger charge is 2.24. The molecule has 6 heteroatoms. The van der Waals surface area contributed by atoms with E-state index in [0.717, 1.165) is 0 Å². The highest BCUT2D eigenvalue weighted by atomic mass is 16.6. The third kappa shape index (κ3) is 3.32. The van der Waals surface area contributed by atoms with Gasteiger partial charge in [0.25, 0.3) is 0 Å². The Labute approximate surface area is 94.2 Å². The molecular weight excluding hydrogens is 209 g/mol. The Morgan fingerprint density at radius 3 is 2.56 bits per heavy atom. The molecule has 2 N–H and O–H groups in total. The summed E-state index contributed by atoms with van der Waals surface area (Å²) in [6, 6.07) is 1.36. The average Bonchev–Trinajstić information content (AvgIpc) is 2.15. The maximum Gasteiger partial charge on any atom is 0.489 e. The van der Waals surface area contributed by atoms with Crippen LogP contribution in [0.25, 0.3) is 0 Å². The summed E-state index contributed by atoms with van der Waals surface area (Å²) in [5.41, 5.74) is -0.485. The van der Waals surface area contributed by atoms with Gasteiger partial charge in [0.2, 0.25) is 0 Å². The first-order valence-electron chi connectivity index (χ1n) is 4.84. The molecule has 0 aliphatic rings. The van der Waals surface area contributed by atoms with Crippen molar-refractivity contribution < 1.29 is 19.6 Å². The Kier molecular flexibility index (Phi) is 3.67. The zero-order valence-electron chi connectivity index (χ0n) is 9.47. The van der Waals surface area contributed by atoms with Crippen molar-refractivity contribution in [3.63, 3.8) is 0 Å². The van der Waals surface area contributed by atoms with Crippen molar-refractivity contribution in [1.82, 2.24) is 4.98 Å². The zero-order chi connectivity index (χ0) is 12.3. The molecule has 0 fully saturated rings. The summed E-state index contributed by atoms with van der Waals surface area (Å²) in [6.07, 6.45) is 2.63. The van der Waals surface area contributed by atoms with E-state index in [1.807, 2.05) is 0 Å². The molecule has 0 radical (unpaired) electrons. The lowest BCUT2D eigenvalue weighted by Gasteiger charge is -2.20. The van der Waals surface area contributed by atoms with Gasteiger partial charge in [0.05, 0.1) is 5.56 Å². The van der Waals surface area contributed by atoms with Crippen molar-refractivity contribution in [3.05, 3.63) is 24.0 Å². The average molecular weight is 223 g/mol. The molecule has 1 aromatic heterocycles. The number of carbonyl (C=O) groups is 1. The first-order chi connectivity index (χ1) is 7.31. The number of hydrogen-bond acceptors (Lipinski definition) is 5. The molecule has 1 heterocycles. The van der Waals surface area contributed by atoms with Crippen LogP contribution in [0.4, 0.5) is 0 Å². The fourth-order valence-corrected chi connectivity index (χ4v) is 1.13. The topological polar surface area (TPSA) is 79.7 Å². The van der Waals surface area contributed by atoms with Crippen LogP contribution in [0, 0.1) is 0 Å². The van der Waals surface area contributed by atoms with E-state index in [1.54, 1.807) is 20.8 Å². The minimum atomic E-state index is -1.72. The van der Waals surface area contributed by atoms with E-state index >= 15 is 0 Å². The second-order valence-electron chi connectivity index (χ2n) is 4.34. The maximum absolute atomic E-state index is 11.7. The van der Waals surface area contributed by atoms with Crippen LogP contribution in [0.1, 0.15) is 31.1 Å². The molecule has 86 valence electrons. The highest BCUT2D eigenvalue weighted by Crippen LogP contribution is 2.10. The zero-order valence-corrected chi connectivity index (χ0v) is 9.47. The van der Waals surface area contributed by atoms with Crippen molar-refractivity contribution in [1.29, 1.82) is 0 Å². The fraction of sp³-hybridized carbons (Fsp3) is 0.400. The fourth-order valence-electron chi connectivity index (χ4n) is 1.13. The summed E-state index contributed by atoms with van der Waals surface area (Å²) >= 11 is 0. The SMILES string of the molecule is CC(C)(C)OC(=O)c1cnccc1B(O)O. The lowest BCUT2D eigenvalue weighted by Crippen LogP contribution is -2.37. The van der Waals surface area contributed by atoms with E-state index in [9.17, 15) is 4.79 Å². The molecule has 0 aliphatic heterocycles. The number of pyridine rings is 1. The number of carbonyl (C=O) groups excluding carboxylic acids is 1. The van der Waals surface area contributed by atoms with Gasteiger partial charge in [0, 0.05) is 12.4 Å². The minimum Gasteiger partial charge on any atom is -0.456 e. The van der Waals surface area contributed by atoms with Crippen molar-refractivity contribution in [2.24, 2.45) is 0 Å². The number of aromatic nitrogens is 1. The summed E-state index contributed by atoms with van der Waals surface area (Å²) in [5.74, 6) is -0.622. The lowest BCUT2D eigenvalue weighted by atomic mass is 9.78. The van der Waals surface area contributed by atoms with E-state index < -0.39 is 18.7 Å². The predicted molar refractivity (Wildman–Crippen MR) is 59.2 cm³/mol. The first kappa shape index (κ1) is 12.7. The summed E-state index contributed by atoms with van der Waals surface area (Å²) in [6.45, 7) is 5.20. The Morgan fingerprint density at radius 2 is 2.06 bits per heavy atom. The van der Waals surface area contributed by atoms with Gasteiger partial charge in [0.15, 0.2) is 0 Å². The first-order valence-corrected chi connectivity index (χ1v) is 4.84. The van der Waals surface area contributed by atoms with Crippen LogP contribution in [0.5, 0.6) is 0 Å². The number of rotatable bonds is 2. The van der Waals surface area contributed by atoms with Gasteiger partial charge in [-0.25, -0.2) is 4.79 Å². The maximum atomic E-state index is 11.7. The van der Waals surface area contributed by atoms with Crippen molar-refractivity contribution in [2.75, 3.05) is 0 Å². The van der Waals surface area contributed by atoms with Gasteiger partial charge in [-0.2, -0.15) is 0 Å². The van der Waals surface area contributed by atoms with E-state index in [-0.39, 0.29) is 11.0 Å². The van der Waals surface area contributed by atoms with Gasteiger partial charge in [-0.3, -0.25) is 4.98 Å². The predicted octanol–water partition coefficient (Wildman–Crippen LogP) is -0.283. The molecule has 0 saturated carbocycles. The second-order valence-corrected chi connectivity index (χ2v) is 4.34. The second kappa shape index (κ2) is 4.63. The van der Waals surface area contributed by atoms with Gasteiger partial charge in [-0.15, -0.1) is 0 Å². The minimum absolute atomic E-state index is 0.0624. The summed E-state index contributed by atoms with van der Waals surface area (Å²) in [5, 5.41) is 18.1. The molecule has 5 nitrogen and oxygen atoms in total. The monoisotopic (exact) mass is 223 g/mol. The van der Waals surface area contributed by atoms with E-state index in [1.165, 1.54) is 18.5 Å². The van der Waals surface area contributed by atoms with Gasteiger partial charge in [-0.05, 0) is 32.3 Å². The Bertz CT molecular complexity index is 387. The lowest BCUT2D eigenvalue weighted by molar-refractivity contribution is 0.00701. The van der Waals surface area contributed by atoms with Gasteiger partial charge >= 0.3 is 13.1 Å². The largest absolute Gasteiger partial charge is 0.489 e. The van der Waals surface area contributed by atoms with Crippen LogP contribution in [0.3, 0.4) is 0 Å². The Hall–Kier alpha value is -1.40. The van der Waals surface area contributed by atoms with Crippen LogP contribution in [0.15, 0.2) is 18.5 Å². The van der Waals surface area contributed by atoms with Gasteiger partial charge in [-0.1, -0.05) is 0 Å². The summed E-state index contributed by atoms with van der Waals surface area (Å²) in [7, 11) is -1.72. The molecule has 0 atom stereocenters. The normalized spacial score (nSPS) is 11.1. The number of nitrogens with zero attached hydrogens (tertiary/aromatic N) is 1. The molecule has 0 spiro atoms. The standard InChI is InChI=1S/C10H14BNO4/c1-10(2,3)16-9(13)7-6-12-5-4-8(7)11(14)15/h4-6,14-15H,1-3H3. The molecule has 0 aliphatic carbocycles. The van der Waals surface area contributed by atoms with Crippen molar-refractivity contribution in [2.45, 2.75) is 26.4 Å². The molecule has 0 unspecified atom stereocenters. The molecular formula is C10H14BNO4. The quantitative estimate of drug-likeness (QED) is 0.532. The molecule has 0 saturated heterocycles. The molecule has 0 aromatic carbocycles. The number of esters is 1. The van der Waals surface area contributed by atoms with Crippen molar-refractivity contribution in [3.8, 4) is 0 Å². The number of hydrogen-bond donors (Lipinski definition) is 2. The molecule has 16 heavy (non-hydrogen) atoms. The van der Waals surface area contributed by atoms with Crippen LogP contribution in [-0.4, -0.2) is 33.7 Å². The molecule has 1 rings (SSSR count). The van der Waals surface area contributed by atoms with Crippen LogP contribution < -0.4 is 5.46 Å². The van der Waals surface area contributed by atoms with Crippen molar-refractivity contribution >= 4 is 18.6 Å². The third-order valence-corrected chi connectivity index (χ3v) is 1.75. The van der Waals surface area contributed by atoms with Gasteiger partial charge in [0.1, 0.15) is 5.60 Å². The summed E-state index contributed by atoms with van der Waals surface area (Å²) < 4.78 is 5.11. The Balaban J connectivity index is 3.00. The summed E-state index contributed by atoms with van der Waals surface area (Å²) in [4.78, 5) is 15.5. The van der Waals surface area contributed by atoms with Gasteiger partial charge < -0.3 is 14.8 Å².